The molecule has 1 N–H and O–H groups in total. The number of rotatable bonds is 5. The lowest BCUT2D eigenvalue weighted by atomic mass is 10.1. The SMILES string of the molecule is CCc1nccn1-c1nc(NC2CCc3c(F)cc(F)cc32)nc(C)c1[N+](=O)[O-]. The molecule has 0 radical (unpaired) electrons. The molecule has 1 atom stereocenters. The molecule has 150 valence electrons. The molecule has 3 aromatic rings. The molecule has 1 aliphatic rings. The minimum atomic E-state index is -0.651. The molecule has 0 fully saturated rings. The first-order valence-corrected chi connectivity index (χ1v) is 9.19. The minimum Gasteiger partial charge on any atom is -0.347 e. The monoisotopic (exact) mass is 400 g/mol. The van der Waals surface area contributed by atoms with Crippen molar-refractivity contribution in [3.05, 3.63) is 68.9 Å². The van der Waals surface area contributed by atoms with Gasteiger partial charge in [-0.05, 0) is 37.0 Å². The Morgan fingerprint density at radius 1 is 1.34 bits per heavy atom. The Labute approximate surface area is 164 Å². The van der Waals surface area contributed by atoms with Gasteiger partial charge in [0.2, 0.25) is 11.8 Å². The largest absolute Gasteiger partial charge is 0.347 e. The van der Waals surface area contributed by atoms with Crippen LogP contribution in [0.5, 0.6) is 0 Å². The Hall–Kier alpha value is -3.43. The third kappa shape index (κ3) is 3.30. The smallest absolute Gasteiger partial charge is 0.333 e. The third-order valence-corrected chi connectivity index (χ3v) is 5.04. The van der Waals surface area contributed by atoms with Crippen LogP contribution in [-0.2, 0) is 12.8 Å². The van der Waals surface area contributed by atoms with Crippen molar-refractivity contribution in [2.24, 2.45) is 0 Å². The molecule has 29 heavy (non-hydrogen) atoms. The van der Waals surface area contributed by atoms with Gasteiger partial charge in [-0.15, -0.1) is 0 Å². The van der Waals surface area contributed by atoms with Gasteiger partial charge in [0.05, 0.1) is 11.0 Å². The maximum absolute atomic E-state index is 14.0. The highest BCUT2D eigenvalue weighted by Gasteiger charge is 2.29. The topological polar surface area (TPSA) is 98.8 Å². The molecule has 0 spiro atoms. The highest BCUT2D eigenvalue weighted by atomic mass is 19.1. The van der Waals surface area contributed by atoms with E-state index in [9.17, 15) is 18.9 Å². The van der Waals surface area contributed by atoms with Crippen molar-refractivity contribution in [2.45, 2.75) is 39.2 Å². The summed E-state index contributed by atoms with van der Waals surface area (Å²) in [5.41, 5.74) is 0.945. The summed E-state index contributed by atoms with van der Waals surface area (Å²) in [5.74, 6) is -0.351. The van der Waals surface area contributed by atoms with Gasteiger partial charge in [-0.1, -0.05) is 6.92 Å². The molecule has 1 aliphatic carbocycles. The number of nitro groups is 1. The van der Waals surface area contributed by atoms with Crippen LogP contribution in [0.3, 0.4) is 0 Å². The number of aromatic nitrogens is 4. The molecular formula is C19H18F2N6O2. The van der Waals surface area contributed by atoms with Crippen molar-refractivity contribution in [3.8, 4) is 5.82 Å². The van der Waals surface area contributed by atoms with Crippen LogP contribution in [0, 0.1) is 28.7 Å². The molecule has 1 aromatic carbocycles. The van der Waals surface area contributed by atoms with Gasteiger partial charge in [-0.25, -0.2) is 18.7 Å². The molecular weight excluding hydrogens is 382 g/mol. The zero-order valence-electron chi connectivity index (χ0n) is 15.8. The van der Waals surface area contributed by atoms with Crippen LogP contribution in [0.4, 0.5) is 20.4 Å². The molecule has 0 bridgehead atoms. The number of imidazole rings is 1. The molecule has 2 aromatic heterocycles. The molecule has 10 heteroatoms. The van der Waals surface area contributed by atoms with E-state index in [1.165, 1.54) is 13.0 Å². The summed E-state index contributed by atoms with van der Waals surface area (Å²) in [6.07, 6.45) is 4.71. The van der Waals surface area contributed by atoms with Crippen LogP contribution in [0.2, 0.25) is 0 Å². The lowest BCUT2D eigenvalue weighted by Crippen LogP contribution is -2.15. The number of hydrogen-bond acceptors (Lipinski definition) is 6. The number of hydrogen-bond donors (Lipinski definition) is 1. The van der Waals surface area contributed by atoms with Crippen LogP contribution in [0.15, 0.2) is 24.5 Å². The van der Waals surface area contributed by atoms with E-state index in [1.54, 1.807) is 17.0 Å². The number of nitrogens with zero attached hydrogens (tertiary/aromatic N) is 5. The van der Waals surface area contributed by atoms with E-state index in [4.69, 9.17) is 0 Å². The maximum Gasteiger partial charge on any atom is 0.333 e. The molecule has 8 nitrogen and oxygen atoms in total. The molecule has 2 heterocycles. The van der Waals surface area contributed by atoms with E-state index in [-0.39, 0.29) is 23.1 Å². The average Bonchev–Trinajstić information content (AvgIpc) is 3.28. The van der Waals surface area contributed by atoms with Crippen molar-refractivity contribution >= 4 is 11.6 Å². The standard InChI is InChI=1S/C19H18F2N6O2/c1-3-16-22-6-7-26(16)18-17(27(28)29)10(2)23-19(25-18)24-15-5-4-12-13(15)8-11(20)9-14(12)21/h6-9,15H,3-5H2,1-2H3,(H,23,24,25). The Bertz CT molecular complexity index is 1110. The first-order valence-electron chi connectivity index (χ1n) is 9.19. The normalized spacial score (nSPS) is 15.4. The second-order valence-electron chi connectivity index (χ2n) is 6.82. The first-order chi connectivity index (χ1) is 13.9. The van der Waals surface area contributed by atoms with Gasteiger partial charge in [-0.3, -0.25) is 14.7 Å². The molecule has 0 aliphatic heterocycles. The number of halogens is 2. The number of anilines is 1. The van der Waals surface area contributed by atoms with Gasteiger partial charge in [0.1, 0.15) is 23.2 Å². The Kier molecular flexibility index (Phi) is 4.69. The van der Waals surface area contributed by atoms with Gasteiger partial charge < -0.3 is 5.32 Å². The zero-order valence-corrected chi connectivity index (χ0v) is 15.8. The average molecular weight is 400 g/mol. The van der Waals surface area contributed by atoms with Crippen LogP contribution >= 0.6 is 0 Å². The maximum atomic E-state index is 14.0. The fourth-order valence-electron chi connectivity index (χ4n) is 3.73. The predicted molar refractivity (Wildman–Crippen MR) is 101 cm³/mol. The quantitative estimate of drug-likeness (QED) is 0.516. The first kappa shape index (κ1) is 18.9. The van der Waals surface area contributed by atoms with Crippen LogP contribution in [0.1, 0.15) is 42.0 Å². The molecule has 0 saturated heterocycles. The van der Waals surface area contributed by atoms with Crippen molar-refractivity contribution in [2.75, 3.05) is 5.32 Å². The van der Waals surface area contributed by atoms with Crippen molar-refractivity contribution in [1.29, 1.82) is 0 Å². The molecule has 1 unspecified atom stereocenters. The fourth-order valence-corrected chi connectivity index (χ4v) is 3.73. The highest BCUT2D eigenvalue weighted by molar-refractivity contribution is 5.55. The van der Waals surface area contributed by atoms with E-state index in [2.05, 4.69) is 20.3 Å². The van der Waals surface area contributed by atoms with Crippen LogP contribution < -0.4 is 5.32 Å². The Balaban J connectivity index is 1.77. The second-order valence-corrected chi connectivity index (χ2v) is 6.82. The van der Waals surface area contributed by atoms with E-state index >= 15 is 0 Å². The molecule has 4 rings (SSSR count). The number of nitrogens with one attached hydrogen (secondary N) is 1. The van der Waals surface area contributed by atoms with Crippen molar-refractivity contribution in [3.63, 3.8) is 0 Å². The minimum absolute atomic E-state index is 0.1000. The summed E-state index contributed by atoms with van der Waals surface area (Å²) in [6, 6.07) is 1.78. The van der Waals surface area contributed by atoms with Crippen LogP contribution in [0.25, 0.3) is 5.82 Å². The van der Waals surface area contributed by atoms with Gasteiger partial charge in [0.15, 0.2) is 0 Å². The summed E-state index contributed by atoms with van der Waals surface area (Å²) in [4.78, 5) is 23.9. The Morgan fingerprint density at radius 3 is 2.86 bits per heavy atom. The van der Waals surface area contributed by atoms with Crippen molar-refractivity contribution in [1.82, 2.24) is 19.5 Å². The number of benzene rings is 1. The van der Waals surface area contributed by atoms with E-state index < -0.39 is 22.6 Å². The lowest BCUT2D eigenvalue weighted by Gasteiger charge is -2.16. The van der Waals surface area contributed by atoms with Crippen LogP contribution in [-0.4, -0.2) is 24.4 Å². The summed E-state index contributed by atoms with van der Waals surface area (Å²) < 4.78 is 29.3. The van der Waals surface area contributed by atoms with Gasteiger partial charge in [-0.2, -0.15) is 4.98 Å². The molecule has 0 saturated carbocycles. The van der Waals surface area contributed by atoms with Gasteiger partial charge in [0.25, 0.3) is 0 Å². The van der Waals surface area contributed by atoms with Crippen molar-refractivity contribution < 1.29 is 13.7 Å². The highest BCUT2D eigenvalue weighted by Crippen LogP contribution is 2.36. The lowest BCUT2D eigenvalue weighted by molar-refractivity contribution is -0.385. The number of aryl methyl sites for hydroxylation is 2. The summed E-state index contributed by atoms with van der Waals surface area (Å²) in [5, 5.41) is 14.7. The molecule has 0 amide bonds. The predicted octanol–water partition coefficient (Wildman–Crippen LogP) is 3.82. The second kappa shape index (κ2) is 7.19. The third-order valence-electron chi connectivity index (χ3n) is 5.04. The van der Waals surface area contributed by atoms with Gasteiger partial charge in [0, 0.05) is 24.9 Å². The summed E-state index contributed by atoms with van der Waals surface area (Å²) in [6.45, 7) is 3.41. The van der Waals surface area contributed by atoms with E-state index in [1.807, 2.05) is 6.92 Å². The Morgan fingerprint density at radius 2 is 2.14 bits per heavy atom. The zero-order chi connectivity index (χ0) is 20.7. The van der Waals surface area contributed by atoms with E-state index in [0.29, 0.717) is 36.2 Å². The van der Waals surface area contributed by atoms with E-state index in [0.717, 1.165) is 6.07 Å². The summed E-state index contributed by atoms with van der Waals surface area (Å²) >= 11 is 0. The van der Waals surface area contributed by atoms with Gasteiger partial charge >= 0.3 is 5.69 Å². The number of fused-ring (bicyclic) bond motifs is 1. The fraction of sp³-hybridized carbons (Fsp3) is 0.316. The summed E-state index contributed by atoms with van der Waals surface area (Å²) in [7, 11) is 0.